The van der Waals surface area contributed by atoms with E-state index in [0.29, 0.717) is 0 Å². The van der Waals surface area contributed by atoms with E-state index in [-0.39, 0.29) is 17.8 Å². The molecule has 3 heteroatoms. The minimum absolute atomic E-state index is 0.118. The van der Waals surface area contributed by atoms with Gasteiger partial charge in [-0.15, -0.1) is 0 Å². The molecule has 0 fully saturated rings. The summed E-state index contributed by atoms with van der Waals surface area (Å²) in [5, 5.41) is 0.835. The van der Waals surface area contributed by atoms with Crippen LogP contribution < -0.4 is 0 Å². The van der Waals surface area contributed by atoms with Crippen LogP contribution in [-0.4, -0.2) is 18.4 Å². The zero-order valence-electron chi connectivity index (χ0n) is 7.79. The summed E-state index contributed by atoms with van der Waals surface area (Å²) >= 11 is 3.38. The van der Waals surface area contributed by atoms with Crippen molar-refractivity contribution in [1.29, 1.82) is 0 Å². The fraction of sp³-hybridized carbons (Fsp3) is 0.500. The second-order valence-electron chi connectivity index (χ2n) is 3.14. The number of hydrogen-bond donors (Lipinski definition) is 0. The lowest BCUT2D eigenvalue weighted by Crippen LogP contribution is -2.22. The Morgan fingerprint density at radius 3 is 2.85 bits per heavy atom. The van der Waals surface area contributed by atoms with E-state index in [1.807, 2.05) is 19.1 Å². The van der Waals surface area contributed by atoms with E-state index < -0.39 is 0 Å². The van der Waals surface area contributed by atoms with Crippen LogP contribution in [0.5, 0.6) is 0 Å². The number of allylic oxidation sites excluding steroid dienone is 3. The van der Waals surface area contributed by atoms with Crippen LogP contribution in [0.4, 0.5) is 0 Å². The predicted molar refractivity (Wildman–Crippen MR) is 55.7 cm³/mol. The van der Waals surface area contributed by atoms with E-state index >= 15 is 0 Å². The SMILES string of the molecule is COC(=O)C1C=CC(CBr)=CC1C. The summed E-state index contributed by atoms with van der Waals surface area (Å²) in [7, 11) is 1.42. The molecule has 2 nitrogen and oxygen atoms in total. The molecule has 2 unspecified atom stereocenters. The van der Waals surface area contributed by atoms with Gasteiger partial charge in [0.15, 0.2) is 0 Å². The van der Waals surface area contributed by atoms with Crippen LogP contribution in [0.15, 0.2) is 23.8 Å². The third-order valence-corrected chi connectivity index (χ3v) is 2.84. The van der Waals surface area contributed by atoms with Crippen molar-refractivity contribution in [2.75, 3.05) is 12.4 Å². The molecule has 1 rings (SSSR count). The molecule has 0 bridgehead atoms. The number of alkyl halides is 1. The molecule has 0 heterocycles. The molecular formula is C10H13BrO2. The Morgan fingerprint density at radius 2 is 2.38 bits per heavy atom. The van der Waals surface area contributed by atoms with E-state index in [9.17, 15) is 4.79 Å². The van der Waals surface area contributed by atoms with Crippen molar-refractivity contribution in [3.63, 3.8) is 0 Å². The van der Waals surface area contributed by atoms with Gasteiger partial charge in [-0.2, -0.15) is 0 Å². The quantitative estimate of drug-likeness (QED) is 0.551. The van der Waals surface area contributed by atoms with Crippen LogP contribution in [-0.2, 0) is 9.53 Å². The van der Waals surface area contributed by atoms with E-state index in [1.165, 1.54) is 12.7 Å². The van der Waals surface area contributed by atoms with Gasteiger partial charge in [0.05, 0.1) is 13.0 Å². The van der Waals surface area contributed by atoms with Crippen molar-refractivity contribution < 1.29 is 9.53 Å². The smallest absolute Gasteiger partial charge is 0.313 e. The molecule has 0 aromatic heterocycles. The first-order valence-electron chi connectivity index (χ1n) is 4.21. The molecule has 0 aliphatic heterocycles. The van der Waals surface area contributed by atoms with Crippen LogP contribution in [0.3, 0.4) is 0 Å². The van der Waals surface area contributed by atoms with Crippen molar-refractivity contribution >= 4 is 21.9 Å². The number of halogens is 1. The highest BCUT2D eigenvalue weighted by Crippen LogP contribution is 2.24. The standard InChI is InChI=1S/C10H13BrO2/c1-7-5-8(6-11)3-4-9(7)10(12)13-2/h3-5,7,9H,6H2,1-2H3. The molecule has 0 spiro atoms. The van der Waals surface area contributed by atoms with Gasteiger partial charge in [0.25, 0.3) is 0 Å². The van der Waals surface area contributed by atoms with E-state index in [4.69, 9.17) is 4.74 Å². The number of methoxy groups -OCH3 is 1. The van der Waals surface area contributed by atoms with Crippen molar-refractivity contribution in [2.45, 2.75) is 6.92 Å². The molecule has 0 aromatic rings. The summed E-state index contributed by atoms with van der Waals surface area (Å²) in [5.74, 6) is -0.0496. The first-order chi connectivity index (χ1) is 6.19. The van der Waals surface area contributed by atoms with Gasteiger partial charge >= 0.3 is 5.97 Å². The molecule has 2 atom stereocenters. The van der Waals surface area contributed by atoms with E-state index in [0.717, 1.165) is 5.33 Å². The maximum atomic E-state index is 11.3. The average molecular weight is 245 g/mol. The number of carbonyl (C=O) groups excluding carboxylic acids is 1. The zero-order valence-corrected chi connectivity index (χ0v) is 9.37. The molecule has 0 amide bonds. The Kier molecular flexibility index (Phi) is 3.72. The predicted octanol–water partition coefficient (Wildman–Crippen LogP) is 2.30. The molecule has 0 saturated heterocycles. The van der Waals surface area contributed by atoms with Crippen LogP contribution in [0.2, 0.25) is 0 Å². The Hall–Kier alpha value is -0.570. The molecule has 1 aliphatic rings. The molecule has 0 aromatic carbocycles. The van der Waals surface area contributed by atoms with Gasteiger partial charge in [0.2, 0.25) is 0 Å². The molecule has 0 radical (unpaired) electrons. The Morgan fingerprint density at radius 1 is 1.69 bits per heavy atom. The van der Waals surface area contributed by atoms with Crippen molar-refractivity contribution in [1.82, 2.24) is 0 Å². The zero-order chi connectivity index (χ0) is 9.84. The fourth-order valence-electron chi connectivity index (χ4n) is 1.42. The van der Waals surface area contributed by atoms with E-state index in [1.54, 1.807) is 0 Å². The minimum Gasteiger partial charge on any atom is -0.469 e. The van der Waals surface area contributed by atoms with Gasteiger partial charge in [0.1, 0.15) is 0 Å². The maximum absolute atomic E-state index is 11.3. The lowest BCUT2D eigenvalue weighted by molar-refractivity contribution is -0.144. The van der Waals surface area contributed by atoms with Crippen molar-refractivity contribution in [3.8, 4) is 0 Å². The first kappa shape index (κ1) is 10.5. The molecule has 1 aliphatic carbocycles. The summed E-state index contributed by atoms with van der Waals surface area (Å²) in [6, 6.07) is 0. The third kappa shape index (κ3) is 2.44. The highest BCUT2D eigenvalue weighted by atomic mass is 79.9. The van der Waals surface area contributed by atoms with Gasteiger partial charge < -0.3 is 4.74 Å². The van der Waals surface area contributed by atoms with Crippen molar-refractivity contribution in [3.05, 3.63) is 23.8 Å². The Bertz CT molecular complexity index is 256. The Labute approximate surface area is 86.8 Å². The number of carbonyl (C=O) groups is 1. The minimum atomic E-state index is -0.159. The van der Waals surface area contributed by atoms with Crippen molar-refractivity contribution in [2.24, 2.45) is 11.8 Å². The second kappa shape index (κ2) is 4.61. The van der Waals surface area contributed by atoms with Gasteiger partial charge in [-0.25, -0.2) is 0 Å². The summed E-state index contributed by atoms with van der Waals surface area (Å²) in [5.41, 5.74) is 1.22. The number of rotatable bonds is 2. The normalized spacial score (nSPS) is 26.8. The molecule has 72 valence electrons. The van der Waals surface area contributed by atoms with Crippen LogP contribution >= 0.6 is 15.9 Å². The van der Waals surface area contributed by atoms with Gasteiger partial charge in [-0.3, -0.25) is 4.79 Å². The monoisotopic (exact) mass is 244 g/mol. The molecular weight excluding hydrogens is 232 g/mol. The molecule has 0 N–H and O–H groups in total. The molecule has 0 saturated carbocycles. The highest BCUT2D eigenvalue weighted by Gasteiger charge is 2.24. The molecule has 13 heavy (non-hydrogen) atoms. The number of ether oxygens (including phenoxy) is 1. The Balaban J connectivity index is 2.71. The highest BCUT2D eigenvalue weighted by molar-refractivity contribution is 9.09. The van der Waals surface area contributed by atoms with E-state index in [2.05, 4.69) is 22.0 Å². The third-order valence-electron chi connectivity index (χ3n) is 2.19. The van der Waals surface area contributed by atoms with Crippen LogP contribution in [0.1, 0.15) is 6.92 Å². The van der Waals surface area contributed by atoms with Gasteiger partial charge in [-0.1, -0.05) is 41.1 Å². The summed E-state index contributed by atoms with van der Waals surface area (Å²) < 4.78 is 4.70. The first-order valence-corrected chi connectivity index (χ1v) is 5.34. The van der Waals surface area contributed by atoms with Crippen LogP contribution in [0.25, 0.3) is 0 Å². The summed E-state index contributed by atoms with van der Waals surface area (Å²) in [6.07, 6.45) is 5.97. The fourth-order valence-corrected chi connectivity index (χ4v) is 1.79. The second-order valence-corrected chi connectivity index (χ2v) is 3.70. The lowest BCUT2D eigenvalue weighted by Gasteiger charge is -2.19. The van der Waals surface area contributed by atoms with Gasteiger partial charge in [0, 0.05) is 5.33 Å². The lowest BCUT2D eigenvalue weighted by atomic mass is 9.88. The van der Waals surface area contributed by atoms with Gasteiger partial charge in [-0.05, 0) is 11.5 Å². The number of esters is 1. The topological polar surface area (TPSA) is 26.3 Å². The number of hydrogen-bond acceptors (Lipinski definition) is 2. The summed E-state index contributed by atoms with van der Waals surface area (Å²) in [4.78, 5) is 11.3. The summed E-state index contributed by atoms with van der Waals surface area (Å²) in [6.45, 7) is 2.02. The largest absolute Gasteiger partial charge is 0.469 e. The average Bonchev–Trinajstić information content (AvgIpc) is 2.16. The maximum Gasteiger partial charge on any atom is 0.313 e. The van der Waals surface area contributed by atoms with Crippen LogP contribution in [0, 0.1) is 11.8 Å².